The van der Waals surface area contributed by atoms with Crippen molar-refractivity contribution in [3.63, 3.8) is 0 Å². The maximum Gasteiger partial charge on any atom is 0.335 e. The van der Waals surface area contributed by atoms with E-state index in [2.05, 4.69) is 22.5 Å². The number of carbonyl (C=O) groups is 2. The van der Waals surface area contributed by atoms with E-state index in [-0.39, 0.29) is 11.5 Å². The summed E-state index contributed by atoms with van der Waals surface area (Å²) in [6, 6.07) is 13.7. The van der Waals surface area contributed by atoms with Gasteiger partial charge in [-0.15, -0.1) is 0 Å². The van der Waals surface area contributed by atoms with E-state index in [1.54, 1.807) is 42.5 Å². The Kier molecular flexibility index (Phi) is 4.48. The Hall–Kier alpha value is -2.20. The maximum atomic E-state index is 12.4. The molecule has 0 fully saturated rings. The number of halogens is 1. The van der Waals surface area contributed by atoms with E-state index in [1.165, 1.54) is 0 Å². The van der Waals surface area contributed by atoms with Crippen LogP contribution in [0.3, 0.4) is 0 Å². The van der Waals surface area contributed by atoms with Crippen LogP contribution in [0.2, 0.25) is 0 Å². The van der Waals surface area contributed by atoms with Crippen molar-refractivity contribution in [2.24, 2.45) is 0 Å². The lowest BCUT2D eigenvalue weighted by molar-refractivity contribution is -0.128. The van der Waals surface area contributed by atoms with Crippen LogP contribution in [0, 0.1) is 0 Å². The van der Waals surface area contributed by atoms with Crippen LogP contribution < -0.4 is 4.74 Å². The van der Waals surface area contributed by atoms with Crippen molar-refractivity contribution in [3.8, 4) is 5.75 Å². The molecular weight excluding hydrogens is 320 g/mol. The Labute approximate surface area is 125 Å². The standard InChI is InChI=1S/C16H11BrO3/c1-2-15(18)20-14-10-12(17)8-9-13(14)16(19)11-6-4-3-5-7-11/h2-10H,1H2. The summed E-state index contributed by atoms with van der Waals surface area (Å²) in [5.41, 5.74) is 0.861. The zero-order chi connectivity index (χ0) is 14.5. The van der Waals surface area contributed by atoms with Crippen LogP contribution in [0.4, 0.5) is 0 Å². The summed E-state index contributed by atoms with van der Waals surface area (Å²) in [6.45, 7) is 3.34. The van der Waals surface area contributed by atoms with Gasteiger partial charge in [0.1, 0.15) is 5.75 Å². The van der Waals surface area contributed by atoms with Gasteiger partial charge in [0.05, 0.1) is 5.56 Å². The quantitative estimate of drug-likeness (QED) is 0.371. The van der Waals surface area contributed by atoms with E-state index in [0.717, 1.165) is 6.08 Å². The first-order valence-corrected chi connectivity index (χ1v) is 6.64. The molecule has 2 aromatic rings. The van der Waals surface area contributed by atoms with Crippen LogP contribution in [-0.2, 0) is 4.79 Å². The van der Waals surface area contributed by atoms with Crippen molar-refractivity contribution in [2.45, 2.75) is 0 Å². The molecule has 0 atom stereocenters. The van der Waals surface area contributed by atoms with Gasteiger partial charge in [-0.1, -0.05) is 52.8 Å². The smallest absolute Gasteiger partial charge is 0.335 e. The monoisotopic (exact) mass is 330 g/mol. The van der Waals surface area contributed by atoms with Gasteiger partial charge in [-0.05, 0) is 18.2 Å². The van der Waals surface area contributed by atoms with Crippen molar-refractivity contribution in [2.75, 3.05) is 0 Å². The van der Waals surface area contributed by atoms with Gasteiger partial charge in [-0.25, -0.2) is 4.79 Å². The molecule has 0 aliphatic rings. The minimum Gasteiger partial charge on any atom is -0.423 e. The molecular formula is C16H11BrO3. The van der Waals surface area contributed by atoms with Gasteiger partial charge in [0, 0.05) is 16.1 Å². The van der Waals surface area contributed by atoms with Gasteiger partial charge in [-0.2, -0.15) is 0 Å². The molecule has 0 N–H and O–H groups in total. The molecule has 2 rings (SSSR count). The molecule has 100 valence electrons. The molecule has 0 radical (unpaired) electrons. The Balaban J connectivity index is 2.43. The molecule has 0 heterocycles. The fraction of sp³-hybridized carbons (Fsp3) is 0. The average molecular weight is 331 g/mol. The summed E-state index contributed by atoms with van der Waals surface area (Å²) in [6.07, 6.45) is 1.05. The molecule has 3 nitrogen and oxygen atoms in total. The molecule has 0 saturated heterocycles. The summed E-state index contributed by atoms with van der Waals surface area (Å²) < 4.78 is 5.83. The highest BCUT2D eigenvalue weighted by Gasteiger charge is 2.16. The third kappa shape index (κ3) is 3.22. The molecule has 2 aromatic carbocycles. The minimum atomic E-state index is -0.606. The number of esters is 1. The predicted molar refractivity (Wildman–Crippen MR) is 79.8 cm³/mol. The lowest BCUT2D eigenvalue weighted by atomic mass is 10.0. The largest absolute Gasteiger partial charge is 0.423 e. The third-order valence-electron chi connectivity index (χ3n) is 2.60. The van der Waals surface area contributed by atoms with Gasteiger partial charge in [0.25, 0.3) is 0 Å². The summed E-state index contributed by atoms with van der Waals surface area (Å²) in [7, 11) is 0. The van der Waals surface area contributed by atoms with E-state index < -0.39 is 5.97 Å². The Morgan fingerprint density at radius 2 is 1.80 bits per heavy atom. The predicted octanol–water partition coefficient (Wildman–Crippen LogP) is 3.77. The number of carbonyl (C=O) groups excluding carboxylic acids is 2. The van der Waals surface area contributed by atoms with E-state index in [9.17, 15) is 9.59 Å². The fourth-order valence-electron chi connectivity index (χ4n) is 1.66. The van der Waals surface area contributed by atoms with Crippen LogP contribution in [0.5, 0.6) is 5.75 Å². The fourth-order valence-corrected chi connectivity index (χ4v) is 2.00. The third-order valence-corrected chi connectivity index (χ3v) is 3.09. The Bertz CT molecular complexity index is 663. The molecule has 0 saturated carbocycles. The van der Waals surface area contributed by atoms with Crippen molar-refractivity contribution in [1.29, 1.82) is 0 Å². The SMILES string of the molecule is C=CC(=O)Oc1cc(Br)ccc1C(=O)c1ccccc1. The van der Waals surface area contributed by atoms with Gasteiger partial charge in [-0.3, -0.25) is 4.79 Å². The lowest BCUT2D eigenvalue weighted by Gasteiger charge is -2.09. The van der Waals surface area contributed by atoms with E-state index in [4.69, 9.17) is 4.74 Å². The second-order valence-electron chi connectivity index (χ2n) is 3.96. The highest BCUT2D eigenvalue weighted by Crippen LogP contribution is 2.26. The number of hydrogen-bond donors (Lipinski definition) is 0. The van der Waals surface area contributed by atoms with E-state index in [1.807, 2.05) is 6.07 Å². The number of rotatable bonds is 4. The van der Waals surface area contributed by atoms with Crippen molar-refractivity contribution < 1.29 is 14.3 Å². The van der Waals surface area contributed by atoms with Crippen molar-refractivity contribution in [1.82, 2.24) is 0 Å². The van der Waals surface area contributed by atoms with Crippen LogP contribution in [-0.4, -0.2) is 11.8 Å². The summed E-state index contributed by atoms with van der Waals surface area (Å²) >= 11 is 3.29. The number of ether oxygens (including phenoxy) is 1. The van der Waals surface area contributed by atoms with Gasteiger partial charge < -0.3 is 4.74 Å². The van der Waals surface area contributed by atoms with E-state index >= 15 is 0 Å². The van der Waals surface area contributed by atoms with Crippen LogP contribution >= 0.6 is 15.9 Å². The molecule has 0 bridgehead atoms. The van der Waals surface area contributed by atoms with Gasteiger partial charge in [0.2, 0.25) is 0 Å². The second-order valence-corrected chi connectivity index (χ2v) is 4.88. The van der Waals surface area contributed by atoms with Crippen LogP contribution in [0.1, 0.15) is 15.9 Å². The minimum absolute atomic E-state index is 0.204. The zero-order valence-corrected chi connectivity index (χ0v) is 12.1. The average Bonchev–Trinajstić information content (AvgIpc) is 2.47. The number of hydrogen-bond acceptors (Lipinski definition) is 3. The van der Waals surface area contributed by atoms with Crippen molar-refractivity contribution >= 4 is 27.7 Å². The molecule has 0 aliphatic heterocycles. The first kappa shape index (κ1) is 14.2. The van der Waals surface area contributed by atoms with Crippen LogP contribution in [0.15, 0.2) is 65.7 Å². The highest BCUT2D eigenvalue weighted by atomic mass is 79.9. The Morgan fingerprint density at radius 3 is 2.45 bits per heavy atom. The Morgan fingerprint density at radius 1 is 1.10 bits per heavy atom. The first-order chi connectivity index (χ1) is 9.61. The maximum absolute atomic E-state index is 12.4. The van der Waals surface area contributed by atoms with Crippen LogP contribution in [0.25, 0.3) is 0 Å². The number of ketones is 1. The summed E-state index contributed by atoms with van der Waals surface area (Å²) in [4.78, 5) is 23.8. The molecule has 0 aliphatic carbocycles. The van der Waals surface area contributed by atoms with E-state index in [0.29, 0.717) is 15.6 Å². The molecule has 0 amide bonds. The molecule has 4 heteroatoms. The van der Waals surface area contributed by atoms with Gasteiger partial charge in [0.15, 0.2) is 5.78 Å². The van der Waals surface area contributed by atoms with Gasteiger partial charge >= 0.3 is 5.97 Å². The normalized spacial score (nSPS) is 9.85. The van der Waals surface area contributed by atoms with Crippen molar-refractivity contribution in [3.05, 3.63) is 76.8 Å². The molecule has 0 aromatic heterocycles. The summed E-state index contributed by atoms with van der Waals surface area (Å²) in [5.74, 6) is -0.603. The molecule has 0 unspecified atom stereocenters. The molecule has 0 spiro atoms. The lowest BCUT2D eigenvalue weighted by Crippen LogP contribution is -2.09. The second kappa shape index (κ2) is 6.30. The topological polar surface area (TPSA) is 43.4 Å². The molecule has 20 heavy (non-hydrogen) atoms. The summed E-state index contributed by atoms with van der Waals surface area (Å²) in [5, 5.41) is 0. The zero-order valence-electron chi connectivity index (χ0n) is 10.5. The highest BCUT2D eigenvalue weighted by molar-refractivity contribution is 9.10. The first-order valence-electron chi connectivity index (χ1n) is 5.85. The number of benzene rings is 2.